The van der Waals surface area contributed by atoms with Gasteiger partial charge in [0.2, 0.25) is 0 Å². The van der Waals surface area contributed by atoms with Crippen LogP contribution < -0.4 is 16.0 Å². The summed E-state index contributed by atoms with van der Waals surface area (Å²) in [6.07, 6.45) is -2.69. The fourth-order valence-corrected chi connectivity index (χ4v) is 4.07. The highest BCUT2D eigenvalue weighted by Gasteiger charge is 2.31. The first kappa shape index (κ1) is 19.3. The Morgan fingerprint density at radius 2 is 1.93 bits per heavy atom. The number of carbonyl (C=O) groups is 1. The standard InChI is InChI=1S/C20H17F3N4OS/c1-11-14(7-9-29-11)15-6-8-24-18-17(15)16(10-25-18)27-19(28)26-13-4-2-12(3-5-13)20(21,22)23/h2-9,16H,10H2,1H3,(H,24,25)(H2,26,27,28). The minimum absolute atomic E-state index is 0.279. The molecule has 1 atom stereocenters. The van der Waals surface area contributed by atoms with Crippen molar-refractivity contribution in [2.24, 2.45) is 0 Å². The van der Waals surface area contributed by atoms with E-state index in [2.05, 4.69) is 20.9 Å². The first-order valence-electron chi connectivity index (χ1n) is 8.85. The van der Waals surface area contributed by atoms with Gasteiger partial charge in [0.05, 0.1) is 11.6 Å². The molecule has 1 aliphatic rings. The van der Waals surface area contributed by atoms with Crippen LogP contribution in [0.1, 0.15) is 22.0 Å². The van der Waals surface area contributed by atoms with Crippen molar-refractivity contribution in [3.63, 3.8) is 0 Å². The van der Waals surface area contributed by atoms with Gasteiger partial charge in [-0.2, -0.15) is 13.2 Å². The normalized spacial score (nSPS) is 15.5. The zero-order valence-corrected chi connectivity index (χ0v) is 16.1. The molecule has 0 saturated heterocycles. The number of carbonyl (C=O) groups excluding carboxylic acids is 1. The van der Waals surface area contributed by atoms with Crippen molar-refractivity contribution in [3.05, 3.63) is 64.0 Å². The average molecular weight is 418 g/mol. The van der Waals surface area contributed by atoms with Crippen molar-refractivity contribution in [1.29, 1.82) is 0 Å². The zero-order chi connectivity index (χ0) is 20.6. The number of pyridine rings is 1. The van der Waals surface area contributed by atoms with Crippen LogP contribution in [-0.2, 0) is 6.18 Å². The third-order valence-electron chi connectivity index (χ3n) is 4.74. The van der Waals surface area contributed by atoms with E-state index in [0.717, 1.165) is 28.8 Å². The summed E-state index contributed by atoms with van der Waals surface area (Å²) < 4.78 is 38.0. The largest absolute Gasteiger partial charge is 0.416 e. The Kier molecular flexibility index (Phi) is 4.91. The van der Waals surface area contributed by atoms with Crippen LogP contribution >= 0.6 is 11.3 Å². The second kappa shape index (κ2) is 7.40. The number of rotatable bonds is 3. The number of alkyl halides is 3. The summed E-state index contributed by atoms with van der Waals surface area (Å²) in [5, 5.41) is 10.7. The molecule has 0 bridgehead atoms. The van der Waals surface area contributed by atoms with E-state index in [9.17, 15) is 18.0 Å². The Morgan fingerprint density at radius 1 is 1.17 bits per heavy atom. The highest BCUT2D eigenvalue weighted by atomic mass is 32.1. The van der Waals surface area contributed by atoms with E-state index in [1.54, 1.807) is 17.5 Å². The maximum Gasteiger partial charge on any atom is 0.416 e. The molecule has 29 heavy (non-hydrogen) atoms. The fraction of sp³-hybridized carbons (Fsp3) is 0.200. The number of nitrogens with one attached hydrogen (secondary N) is 3. The van der Waals surface area contributed by atoms with E-state index in [0.29, 0.717) is 12.4 Å². The first-order valence-corrected chi connectivity index (χ1v) is 9.73. The van der Waals surface area contributed by atoms with Gasteiger partial charge >= 0.3 is 12.2 Å². The molecular formula is C20H17F3N4OS. The number of anilines is 2. The molecule has 2 amide bonds. The van der Waals surface area contributed by atoms with Gasteiger partial charge in [0.1, 0.15) is 5.82 Å². The van der Waals surface area contributed by atoms with Gasteiger partial charge in [-0.1, -0.05) is 0 Å². The second-order valence-electron chi connectivity index (χ2n) is 6.62. The Bertz CT molecular complexity index is 1050. The summed E-state index contributed by atoms with van der Waals surface area (Å²) in [6, 6.07) is 7.46. The van der Waals surface area contributed by atoms with Crippen LogP contribution in [0, 0.1) is 6.92 Å². The van der Waals surface area contributed by atoms with Crippen molar-refractivity contribution in [2.75, 3.05) is 17.2 Å². The average Bonchev–Trinajstić information content (AvgIpc) is 3.28. The van der Waals surface area contributed by atoms with Gasteiger partial charge in [0.15, 0.2) is 0 Å². The summed E-state index contributed by atoms with van der Waals surface area (Å²) in [6.45, 7) is 2.51. The molecule has 9 heteroatoms. The summed E-state index contributed by atoms with van der Waals surface area (Å²) in [4.78, 5) is 17.9. The number of halogens is 3. The van der Waals surface area contributed by atoms with Gasteiger partial charge in [-0.25, -0.2) is 9.78 Å². The molecule has 1 unspecified atom stereocenters. The second-order valence-corrected chi connectivity index (χ2v) is 7.74. The Labute approximate surface area is 169 Å². The van der Waals surface area contributed by atoms with Crippen LogP contribution in [0.5, 0.6) is 0 Å². The lowest BCUT2D eigenvalue weighted by Gasteiger charge is -2.17. The number of aromatic nitrogens is 1. The third kappa shape index (κ3) is 3.91. The summed E-state index contributed by atoms with van der Waals surface area (Å²) in [5.74, 6) is 0.716. The summed E-state index contributed by atoms with van der Waals surface area (Å²) in [7, 11) is 0. The number of fused-ring (bicyclic) bond motifs is 1. The topological polar surface area (TPSA) is 66.0 Å². The number of thiophene rings is 1. The van der Waals surface area contributed by atoms with Gasteiger partial charge in [0.25, 0.3) is 0 Å². The number of benzene rings is 1. The lowest BCUT2D eigenvalue weighted by molar-refractivity contribution is -0.137. The molecular weight excluding hydrogens is 401 g/mol. The highest BCUT2D eigenvalue weighted by molar-refractivity contribution is 7.10. The SMILES string of the molecule is Cc1sccc1-c1ccnc2c1C(NC(=O)Nc1ccc(C(F)(F)F)cc1)CN2. The number of hydrogen-bond donors (Lipinski definition) is 3. The molecule has 0 aliphatic carbocycles. The molecule has 0 spiro atoms. The molecule has 5 nitrogen and oxygen atoms in total. The quantitative estimate of drug-likeness (QED) is 0.532. The van der Waals surface area contributed by atoms with Crippen LogP contribution in [0.4, 0.5) is 29.5 Å². The maximum absolute atomic E-state index is 12.7. The molecule has 0 fully saturated rings. The number of aryl methyl sites for hydroxylation is 1. The monoisotopic (exact) mass is 418 g/mol. The lowest BCUT2D eigenvalue weighted by Crippen LogP contribution is -2.33. The van der Waals surface area contributed by atoms with Crippen LogP contribution in [0.2, 0.25) is 0 Å². The van der Waals surface area contributed by atoms with Crippen LogP contribution in [0.15, 0.2) is 48.0 Å². The molecule has 150 valence electrons. The fourth-order valence-electron chi connectivity index (χ4n) is 3.36. The highest BCUT2D eigenvalue weighted by Crippen LogP contribution is 2.39. The van der Waals surface area contributed by atoms with Crippen molar-refractivity contribution in [2.45, 2.75) is 19.1 Å². The van der Waals surface area contributed by atoms with Crippen molar-refractivity contribution in [3.8, 4) is 11.1 Å². The zero-order valence-electron chi connectivity index (χ0n) is 15.3. The Balaban J connectivity index is 1.51. The molecule has 1 aromatic carbocycles. The molecule has 0 radical (unpaired) electrons. The smallest absolute Gasteiger partial charge is 0.367 e. The van der Waals surface area contributed by atoms with E-state index in [-0.39, 0.29) is 11.7 Å². The van der Waals surface area contributed by atoms with E-state index in [1.165, 1.54) is 17.0 Å². The van der Waals surface area contributed by atoms with Gasteiger partial charge < -0.3 is 16.0 Å². The number of nitrogens with zero attached hydrogens (tertiary/aromatic N) is 1. The van der Waals surface area contributed by atoms with E-state index < -0.39 is 17.8 Å². The maximum atomic E-state index is 12.7. The number of hydrogen-bond acceptors (Lipinski definition) is 4. The molecule has 3 N–H and O–H groups in total. The van der Waals surface area contributed by atoms with Crippen molar-refractivity contribution < 1.29 is 18.0 Å². The van der Waals surface area contributed by atoms with Crippen LogP contribution in [0.3, 0.4) is 0 Å². The number of amides is 2. The molecule has 3 heterocycles. The Morgan fingerprint density at radius 3 is 2.59 bits per heavy atom. The molecule has 2 aromatic heterocycles. The predicted octanol–water partition coefficient (Wildman–Crippen LogP) is 5.43. The Hall–Kier alpha value is -3.07. The molecule has 4 rings (SSSR count). The summed E-state index contributed by atoms with van der Waals surface area (Å²) in [5.41, 5.74) is 2.50. The van der Waals surface area contributed by atoms with Gasteiger partial charge in [-0.15, -0.1) is 11.3 Å². The molecule has 1 aliphatic heterocycles. The van der Waals surface area contributed by atoms with Crippen LogP contribution in [-0.4, -0.2) is 17.6 Å². The molecule has 0 saturated carbocycles. The van der Waals surface area contributed by atoms with Gasteiger partial charge in [-0.3, -0.25) is 0 Å². The van der Waals surface area contributed by atoms with Gasteiger partial charge in [0, 0.05) is 28.9 Å². The number of urea groups is 1. The minimum atomic E-state index is -4.41. The van der Waals surface area contributed by atoms with Crippen molar-refractivity contribution >= 4 is 28.9 Å². The lowest BCUT2D eigenvalue weighted by atomic mass is 9.98. The van der Waals surface area contributed by atoms with E-state index in [4.69, 9.17) is 0 Å². The van der Waals surface area contributed by atoms with Gasteiger partial charge in [-0.05, 0) is 59.8 Å². The first-order chi connectivity index (χ1) is 13.8. The van der Waals surface area contributed by atoms with E-state index in [1.807, 2.05) is 24.4 Å². The predicted molar refractivity (Wildman–Crippen MR) is 107 cm³/mol. The molecule has 3 aromatic rings. The van der Waals surface area contributed by atoms with E-state index >= 15 is 0 Å². The van der Waals surface area contributed by atoms with Crippen molar-refractivity contribution in [1.82, 2.24) is 10.3 Å². The summed E-state index contributed by atoms with van der Waals surface area (Å²) >= 11 is 1.64. The minimum Gasteiger partial charge on any atom is -0.367 e. The van der Waals surface area contributed by atoms with Crippen LogP contribution in [0.25, 0.3) is 11.1 Å². The third-order valence-corrected chi connectivity index (χ3v) is 5.58.